The van der Waals surface area contributed by atoms with Crippen LogP contribution in [0.3, 0.4) is 0 Å². The normalized spacial score (nSPS) is 17.1. The fourth-order valence-electron chi connectivity index (χ4n) is 2.17. The average Bonchev–Trinajstić information content (AvgIpc) is 2.47. The molecule has 1 aromatic heterocycles. The molecule has 0 aromatic carbocycles. The van der Waals surface area contributed by atoms with Crippen molar-refractivity contribution in [1.29, 1.82) is 0 Å². The van der Waals surface area contributed by atoms with Crippen LogP contribution in [-0.2, 0) is 17.5 Å². The molecule has 0 saturated carbocycles. The first-order chi connectivity index (χ1) is 10.1. The summed E-state index contributed by atoms with van der Waals surface area (Å²) in [6.07, 6.45) is -2.44. The fourth-order valence-corrected chi connectivity index (χ4v) is 2.17. The van der Waals surface area contributed by atoms with E-state index in [1.807, 2.05) is 0 Å². The first-order valence-electron chi connectivity index (χ1n) is 7.08. The van der Waals surface area contributed by atoms with Crippen molar-refractivity contribution < 1.29 is 17.9 Å². The molecule has 0 bridgehead atoms. The molecule has 4 nitrogen and oxygen atoms in total. The lowest BCUT2D eigenvalue weighted by Gasteiger charge is -2.26. The van der Waals surface area contributed by atoms with Gasteiger partial charge in [0.1, 0.15) is 0 Å². The van der Waals surface area contributed by atoms with E-state index in [4.69, 9.17) is 4.74 Å². The van der Waals surface area contributed by atoms with Crippen LogP contribution in [0.2, 0.25) is 0 Å². The zero-order valence-corrected chi connectivity index (χ0v) is 11.8. The topological polar surface area (TPSA) is 37.4 Å². The van der Waals surface area contributed by atoms with Crippen LogP contribution in [0.25, 0.3) is 0 Å². The molecule has 0 amide bonds. The van der Waals surface area contributed by atoms with Crippen LogP contribution >= 0.6 is 0 Å². The first-order valence-corrected chi connectivity index (χ1v) is 7.08. The molecule has 0 atom stereocenters. The number of nitrogens with one attached hydrogen (secondary N) is 1. The summed E-state index contributed by atoms with van der Waals surface area (Å²) in [6, 6.07) is 2.48. The molecule has 2 rings (SSSR count). The lowest BCUT2D eigenvalue weighted by molar-refractivity contribution is -0.137. The number of hydrogen-bond donors (Lipinski definition) is 1. The predicted octanol–water partition coefficient (Wildman–Crippen LogP) is 1.91. The van der Waals surface area contributed by atoms with Gasteiger partial charge in [-0.1, -0.05) is 0 Å². The van der Waals surface area contributed by atoms with Crippen molar-refractivity contribution in [2.75, 3.05) is 39.4 Å². The Kier molecular flexibility index (Phi) is 5.96. The second-order valence-electron chi connectivity index (χ2n) is 5.02. The molecule has 1 aromatic rings. The minimum atomic E-state index is -4.32. The third kappa shape index (κ3) is 5.61. The van der Waals surface area contributed by atoms with E-state index in [1.54, 1.807) is 0 Å². The van der Waals surface area contributed by atoms with Crippen molar-refractivity contribution in [3.8, 4) is 0 Å². The summed E-state index contributed by atoms with van der Waals surface area (Å²) in [6.45, 7) is 5.85. The van der Waals surface area contributed by atoms with E-state index in [2.05, 4.69) is 15.2 Å². The highest BCUT2D eigenvalue weighted by molar-refractivity contribution is 5.16. The number of nitrogens with zero attached hydrogens (tertiary/aromatic N) is 2. The molecule has 1 N–H and O–H groups in total. The van der Waals surface area contributed by atoms with Crippen molar-refractivity contribution in [2.24, 2.45) is 0 Å². The Morgan fingerprint density at radius 1 is 1.24 bits per heavy atom. The molecular weight excluding hydrogens is 283 g/mol. The maximum absolute atomic E-state index is 12.4. The average molecular weight is 303 g/mol. The Bertz CT molecular complexity index is 416. The van der Waals surface area contributed by atoms with Crippen LogP contribution in [0.4, 0.5) is 13.2 Å². The molecule has 2 heterocycles. The second kappa shape index (κ2) is 7.72. The number of rotatable bonds is 6. The Balaban J connectivity index is 1.62. The molecule has 21 heavy (non-hydrogen) atoms. The number of ether oxygens (including phenoxy) is 1. The molecule has 7 heteroatoms. The quantitative estimate of drug-likeness (QED) is 0.815. The molecule has 0 spiro atoms. The van der Waals surface area contributed by atoms with Gasteiger partial charge in [0.05, 0.1) is 24.5 Å². The van der Waals surface area contributed by atoms with E-state index in [0.29, 0.717) is 12.2 Å². The van der Waals surface area contributed by atoms with Crippen LogP contribution in [-0.4, -0.2) is 49.3 Å². The molecule has 1 aliphatic rings. The molecular formula is C14H20F3N3O. The van der Waals surface area contributed by atoms with Crippen molar-refractivity contribution in [3.63, 3.8) is 0 Å². The zero-order chi connectivity index (χ0) is 15.1. The van der Waals surface area contributed by atoms with E-state index >= 15 is 0 Å². The third-order valence-electron chi connectivity index (χ3n) is 3.39. The summed E-state index contributed by atoms with van der Waals surface area (Å²) in [4.78, 5) is 6.17. The maximum atomic E-state index is 12.4. The summed E-state index contributed by atoms with van der Waals surface area (Å²) < 4.78 is 42.4. The monoisotopic (exact) mass is 303 g/mol. The van der Waals surface area contributed by atoms with Gasteiger partial charge in [0.15, 0.2) is 0 Å². The molecule has 0 unspecified atom stereocenters. The first kappa shape index (κ1) is 16.2. The number of pyridine rings is 1. The Labute approximate surface area is 122 Å². The molecule has 0 aliphatic carbocycles. The minimum Gasteiger partial charge on any atom is -0.379 e. The highest BCUT2D eigenvalue weighted by Crippen LogP contribution is 2.28. The van der Waals surface area contributed by atoms with E-state index in [0.717, 1.165) is 58.1 Å². The number of morpholine rings is 1. The van der Waals surface area contributed by atoms with Crippen LogP contribution < -0.4 is 5.32 Å². The van der Waals surface area contributed by atoms with Gasteiger partial charge in [-0.05, 0) is 31.6 Å². The summed E-state index contributed by atoms with van der Waals surface area (Å²) >= 11 is 0. The highest BCUT2D eigenvalue weighted by atomic mass is 19.4. The van der Waals surface area contributed by atoms with Crippen LogP contribution in [0, 0.1) is 0 Å². The van der Waals surface area contributed by atoms with Gasteiger partial charge >= 0.3 is 6.18 Å². The van der Waals surface area contributed by atoms with Crippen molar-refractivity contribution in [2.45, 2.75) is 19.1 Å². The number of halogens is 3. The Morgan fingerprint density at radius 2 is 2.00 bits per heavy atom. The minimum absolute atomic E-state index is 0.487. The van der Waals surface area contributed by atoms with E-state index in [1.165, 1.54) is 6.07 Å². The molecule has 0 radical (unpaired) electrons. The van der Waals surface area contributed by atoms with Crippen LogP contribution in [0.1, 0.15) is 17.7 Å². The molecule has 118 valence electrons. The lowest BCUT2D eigenvalue weighted by Crippen LogP contribution is -2.37. The summed E-state index contributed by atoms with van der Waals surface area (Å²) in [7, 11) is 0. The predicted molar refractivity (Wildman–Crippen MR) is 72.8 cm³/mol. The SMILES string of the molecule is FC(F)(F)c1ccc(CNCCCN2CCOCC2)nc1. The lowest BCUT2D eigenvalue weighted by atomic mass is 10.2. The van der Waals surface area contributed by atoms with Gasteiger partial charge in [-0.15, -0.1) is 0 Å². The Hall–Kier alpha value is -1.18. The van der Waals surface area contributed by atoms with Gasteiger partial charge in [0, 0.05) is 25.8 Å². The number of hydrogen-bond acceptors (Lipinski definition) is 4. The smallest absolute Gasteiger partial charge is 0.379 e. The van der Waals surface area contributed by atoms with Gasteiger partial charge in [-0.2, -0.15) is 13.2 Å². The van der Waals surface area contributed by atoms with Crippen molar-refractivity contribution >= 4 is 0 Å². The third-order valence-corrected chi connectivity index (χ3v) is 3.39. The molecule has 1 fully saturated rings. The van der Waals surface area contributed by atoms with Gasteiger partial charge in [0.2, 0.25) is 0 Å². The summed E-state index contributed by atoms with van der Waals surface area (Å²) in [5.41, 5.74) is -0.0899. The van der Waals surface area contributed by atoms with Crippen LogP contribution in [0.5, 0.6) is 0 Å². The van der Waals surface area contributed by atoms with Crippen molar-refractivity contribution in [3.05, 3.63) is 29.6 Å². The van der Waals surface area contributed by atoms with E-state index < -0.39 is 11.7 Å². The highest BCUT2D eigenvalue weighted by Gasteiger charge is 2.30. The Morgan fingerprint density at radius 3 is 2.62 bits per heavy atom. The van der Waals surface area contributed by atoms with Gasteiger partial charge in [0.25, 0.3) is 0 Å². The summed E-state index contributed by atoms with van der Waals surface area (Å²) in [5.74, 6) is 0. The van der Waals surface area contributed by atoms with Gasteiger partial charge < -0.3 is 10.1 Å². The summed E-state index contributed by atoms with van der Waals surface area (Å²) in [5, 5.41) is 3.20. The van der Waals surface area contributed by atoms with Gasteiger partial charge in [-0.25, -0.2) is 0 Å². The van der Waals surface area contributed by atoms with Crippen LogP contribution in [0.15, 0.2) is 18.3 Å². The number of alkyl halides is 3. The fraction of sp³-hybridized carbons (Fsp3) is 0.643. The molecule has 1 saturated heterocycles. The zero-order valence-electron chi connectivity index (χ0n) is 11.8. The van der Waals surface area contributed by atoms with Gasteiger partial charge in [-0.3, -0.25) is 9.88 Å². The number of aromatic nitrogens is 1. The van der Waals surface area contributed by atoms with E-state index in [9.17, 15) is 13.2 Å². The maximum Gasteiger partial charge on any atom is 0.417 e. The second-order valence-corrected chi connectivity index (χ2v) is 5.02. The largest absolute Gasteiger partial charge is 0.417 e. The van der Waals surface area contributed by atoms with Crippen molar-refractivity contribution in [1.82, 2.24) is 15.2 Å². The molecule has 1 aliphatic heterocycles. The standard InChI is InChI=1S/C14H20F3N3O/c15-14(16,17)12-2-3-13(19-10-12)11-18-4-1-5-20-6-8-21-9-7-20/h2-3,10,18H,1,4-9,11H2. The van der Waals surface area contributed by atoms with E-state index in [-0.39, 0.29) is 0 Å².